The third kappa shape index (κ3) is 5.56. The second kappa shape index (κ2) is 10.8. The number of aromatic nitrogens is 4. The van der Waals surface area contributed by atoms with Gasteiger partial charge in [0.15, 0.2) is 5.65 Å². The van der Waals surface area contributed by atoms with Crippen molar-refractivity contribution in [3.63, 3.8) is 0 Å². The number of halogens is 2. The zero-order chi connectivity index (χ0) is 25.9. The molecule has 2 saturated heterocycles. The molecule has 3 fully saturated rings. The number of hydrogen-bond donors (Lipinski definition) is 1. The molecule has 0 radical (unpaired) electrons. The van der Waals surface area contributed by atoms with E-state index in [0.29, 0.717) is 48.5 Å². The Morgan fingerprint density at radius 2 is 1.92 bits per heavy atom. The minimum absolute atomic E-state index is 0.0504. The van der Waals surface area contributed by atoms with Crippen LogP contribution in [0.2, 0.25) is 0 Å². The predicted octanol–water partition coefficient (Wildman–Crippen LogP) is 3.44. The van der Waals surface area contributed by atoms with Crippen LogP contribution in [0.3, 0.4) is 0 Å². The van der Waals surface area contributed by atoms with Crippen LogP contribution in [0.25, 0.3) is 22.4 Å². The van der Waals surface area contributed by atoms with E-state index in [1.807, 2.05) is 23.4 Å². The van der Waals surface area contributed by atoms with Crippen molar-refractivity contribution in [1.82, 2.24) is 19.5 Å². The summed E-state index contributed by atoms with van der Waals surface area (Å²) in [5.41, 5.74) is 6.87. The number of imidazole rings is 1. The molecule has 1 unspecified atom stereocenters. The first-order valence-corrected chi connectivity index (χ1v) is 12.7. The van der Waals surface area contributed by atoms with Gasteiger partial charge in [-0.1, -0.05) is 0 Å². The molecule has 2 aliphatic heterocycles. The van der Waals surface area contributed by atoms with Gasteiger partial charge in [0.05, 0.1) is 18.8 Å². The largest absolute Gasteiger partial charge is 0.405 e. The molecule has 3 aromatic rings. The first kappa shape index (κ1) is 25.1. The number of aliphatic imine (C=N–C) groups is 1. The first-order chi connectivity index (χ1) is 17.9. The average Bonchev–Trinajstić information content (AvgIpc) is 3.61. The SMILES string of the molecule is CC1CN(c2nc(-c3ccc(F)cc3F)c3c(n2)nc(N2CCC2)n3C)CCO1.N/C=C\C=NC1CC1. The van der Waals surface area contributed by atoms with Crippen LogP contribution < -0.4 is 15.5 Å². The van der Waals surface area contributed by atoms with Crippen molar-refractivity contribution in [1.29, 1.82) is 0 Å². The second-order valence-corrected chi connectivity index (χ2v) is 9.52. The summed E-state index contributed by atoms with van der Waals surface area (Å²) in [5.74, 6) is -0.000465. The van der Waals surface area contributed by atoms with Gasteiger partial charge >= 0.3 is 0 Å². The molecule has 11 heteroatoms. The van der Waals surface area contributed by atoms with E-state index in [-0.39, 0.29) is 11.7 Å². The number of morpholine rings is 1. The van der Waals surface area contributed by atoms with Crippen LogP contribution in [0.5, 0.6) is 0 Å². The lowest BCUT2D eigenvalue weighted by atomic mass is 10.1. The topological polar surface area (TPSA) is 97.7 Å². The summed E-state index contributed by atoms with van der Waals surface area (Å²) in [7, 11) is 1.88. The van der Waals surface area contributed by atoms with Crippen molar-refractivity contribution in [2.45, 2.75) is 38.3 Å². The van der Waals surface area contributed by atoms with Gasteiger partial charge < -0.3 is 24.8 Å². The van der Waals surface area contributed by atoms with E-state index < -0.39 is 11.6 Å². The Morgan fingerprint density at radius 3 is 2.57 bits per heavy atom. The number of rotatable bonds is 5. The van der Waals surface area contributed by atoms with Gasteiger partial charge in [0.1, 0.15) is 22.8 Å². The van der Waals surface area contributed by atoms with Crippen LogP contribution in [-0.2, 0) is 11.8 Å². The summed E-state index contributed by atoms with van der Waals surface area (Å²) in [5, 5.41) is 0. The highest BCUT2D eigenvalue weighted by Gasteiger charge is 2.27. The smallest absolute Gasteiger partial charge is 0.228 e. The highest BCUT2D eigenvalue weighted by atomic mass is 19.1. The van der Waals surface area contributed by atoms with Crippen molar-refractivity contribution in [2.75, 3.05) is 42.6 Å². The van der Waals surface area contributed by atoms with Crippen molar-refractivity contribution in [3.8, 4) is 11.3 Å². The maximum atomic E-state index is 14.7. The standard InChI is InChI=1S/C20H22F2N6O.C6H10N2/c1-12-11-28(8-9-29-12)19-23-16(14-5-4-13(21)10-15(14)22)17-18(24-19)25-20(26(17)2)27-6-3-7-27;7-4-1-5-8-6-2-3-6/h4-5,10,12H,3,6-9,11H2,1-2H3;1,4-6H,2-3,7H2/b;4-1-,8-5?. The van der Waals surface area contributed by atoms with Crippen LogP contribution in [-0.4, -0.2) is 70.7 Å². The molecule has 2 N–H and O–H groups in total. The molecule has 0 spiro atoms. The van der Waals surface area contributed by atoms with Gasteiger partial charge in [0.25, 0.3) is 0 Å². The van der Waals surface area contributed by atoms with Crippen LogP contribution in [0.4, 0.5) is 20.7 Å². The van der Waals surface area contributed by atoms with E-state index in [0.717, 1.165) is 31.5 Å². The van der Waals surface area contributed by atoms with Gasteiger partial charge in [-0.05, 0) is 50.6 Å². The molecular weight excluding hydrogens is 478 g/mol. The van der Waals surface area contributed by atoms with E-state index in [1.54, 1.807) is 12.3 Å². The fourth-order valence-corrected chi connectivity index (χ4v) is 4.34. The van der Waals surface area contributed by atoms with E-state index in [1.165, 1.54) is 31.2 Å². The number of ether oxygens (including phenoxy) is 1. The Balaban J connectivity index is 0.000000301. The summed E-state index contributed by atoms with van der Waals surface area (Å²) < 4.78 is 35.7. The van der Waals surface area contributed by atoms with Gasteiger partial charge in [-0.2, -0.15) is 9.97 Å². The summed E-state index contributed by atoms with van der Waals surface area (Å²) >= 11 is 0. The Labute approximate surface area is 214 Å². The predicted molar refractivity (Wildman–Crippen MR) is 141 cm³/mol. The lowest BCUT2D eigenvalue weighted by Crippen LogP contribution is -2.42. The quantitative estimate of drug-likeness (QED) is 0.525. The lowest BCUT2D eigenvalue weighted by molar-refractivity contribution is 0.0526. The summed E-state index contributed by atoms with van der Waals surface area (Å²) in [6.45, 7) is 5.71. The van der Waals surface area contributed by atoms with Crippen LogP contribution in [0.1, 0.15) is 26.2 Å². The zero-order valence-corrected chi connectivity index (χ0v) is 21.1. The fourth-order valence-electron chi connectivity index (χ4n) is 4.34. The van der Waals surface area contributed by atoms with E-state index in [4.69, 9.17) is 25.4 Å². The molecule has 2 aromatic heterocycles. The second-order valence-electron chi connectivity index (χ2n) is 9.52. The summed E-state index contributed by atoms with van der Waals surface area (Å²) in [6.07, 6.45) is 8.69. The molecule has 1 saturated carbocycles. The maximum absolute atomic E-state index is 14.7. The molecule has 1 aromatic carbocycles. The summed E-state index contributed by atoms with van der Waals surface area (Å²) in [6, 6.07) is 4.17. The first-order valence-electron chi connectivity index (χ1n) is 12.7. The molecule has 6 rings (SSSR count). The highest BCUT2D eigenvalue weighted by Crippen LogP contribution is 2.33. The molecule has 3 aliphatic rings. The number of fused-ring (bicyclic) bond motifs is 1. The third-order valence-electron chi connectivity index (χ3n) is 6.59. The van der Waals surface area contributed by atoms with Crippen LogP contribution >= 0.6 is 0 Å². The number of aryl methyl sites for hydroxylation is 1. The molecule has 0 amide bonds. The summed E-state index contributed by atoms with van der Waals surface area (Å²) in [4.78, 5) is 22.4. The van der Waals surface area contributed by atoms with Crippen LogP contribution in [0.15, 0.2) is 35.5 Å². The molecule has 9 nitrogen and oxygen atoms in total. The minimum Gasteiger partial charge on any atom is -0.405 e. The van der Waals surface area contributed by atoms with E-state index >= 15 is 0 Å². The van der Waals surface area contributed by atoms with Gasteiger partial charge in [-0.15, -0.1) is 0 Å². The average molecular weight is 511 g/mol. The molecule has 37 heavy (non-hydrogen) atoms. The van der Waals surface area contributed by atoms with Crippen LogP contribution in [0, 0.1) is 11.6 Å². The number of allylic oxidation sites excluding steroid dienone is 1. The Bertz CT molecular complexity index is 1320. The Kier molecular flexibility index (Phi) is 7.31. The van der Waals surface area contributed by atoms with Gasteiger partial charge in [-0.25, -0.2) is 13.8 Å². The molecule has 1 aliphatic carbocycles. The minimum atomic E-state index is -0.655. The van der Waals surface area contributed by atoms with E-state index in [9.17, 15) is 8.78 Å². The molecular formula is C26H32F2N8O. The van der Waals surface area contributed by atoms with Crippen molar-refractivity contribution in [3.05, 3.63) is 42.1 Å². The number of benzene rings is 1. The van der Waals surface area contributed by atoms with Crippen molar-refractivity contribution in [2.24, 2.45) is 17.8 Å². The fraction of sp³-hybridized carbons (Fsp3) is 0.462. The Hall–Kier alpha value is -3.60. The molecule has 1 atom stereocenters. The number of anilines is 2. The highest BCUT2D eigenvalue weighted by molar-refractivity contribution is 5.90. The monoisotopic (exact) mass is 510 g/mol. The van der Waals surface area contributed by atoms with Gasteiger partial charge in [0, 0.05) is 51.1 Å². The van der Waals surface area contributed by atoms with Gasteiger partial charge in [0.2, 0.25) is 11.9 Å². The molecule has 0 bridgehead atoms. The van der Waals surface area contributed by atoms with Crippen molar-refractivity contribution >= 4 is 29.3 Å². The van der Waals surface area contributed by atoms with E-state index in [2.05, 4.69) is 9.89 Å². The molecule has 196 valence electrons. The third-order valence-corrected chi connectivity index (χ3v) is 6.59. The normalized spacial score (nSPS) is 19.9. The zero-order valence-electron chi connectivity index (χ0n) is 21.1. The lowest BCUT2D eigenvalue weighted by Gasteiger charge is -2.31. The maximum Gasteiger partial charge on any atom is 0.228 e. The number of nitrogens with two attached hydrogens (primary N) is 1. The molecule has 4 heterocycles. The Morgan fingerprint density at radius 1 is 1.11 bits per heavy atom. The number of nitrogens with zero attached hydrogens (tertiary/aromatic N) is 7. The van der Waals surface area contributed by atoms with Gasteiger partial charge in [-0.3, -0.25) is 4.99 Å². The number of hydrogen-bond acceptors (Lipinski definition) is 8. The van der Waals surface area contributed by atoms with Crippen molar-refractivity contribution < 1.29 is 13.5 Å².